The van der Waals surface area contributed by atoms with Gasteiger partial charge in [0.1, 0.15) is 5.56 Å². The van der Waals surface area contributed by atoms with E-state index in [0.717, 1.165) is 12.0 Å². The fraction of sp³-hybridized carbons (Fsp3) is 0.381. The lowest BCUT2D eigenvalue weighted by Crippen LogP contribution is -2.35. The van der Waals surface area contributed by atoms with Crippen molar-refractivity contribution in [2.24, 2.45) is 5.92 Å². The van der Waals surface area contributed by atoms with Crippen molar-refractivity contribution in [1.82, 2.24) is 10.3 Å². The molecule has 1 aliphatic heterocycles. The second kappa shape index (κ2) is 9.27. The van der Waals surface area contributed by atoms with Gasteiger partial charge in [0, 0.05) is 12.6 Å². The summed E-state index contributed by atoms with van der Waals surface area (Å²) < 4.78 is 16.3. The monoisotopic (exact) mass is 400 g/mol. The SMILES string of the molecule is CC(C)[C@H](NC(=O)COC(=O)c1ccc[nH]c1=O)c1ccc2c(c1)OCCCO2. The van der Waals surface area contributed by atoms with E-state index >= 15 is 0 Å². The van der Waals surface area contributed by atoms with Crippen LogP contribution in [0.5, 0.6) is 11.5 Å². The molecule has 8 nitrogen and oxygen atoms in total. The van der Waals surface area contributed by atoms with Crippen LogP contribution in [-0.2, 0) is 9.53 Å². The Bertz CT molecular complexity index is 937. The highest BCUT2D eigenvalue weighted by Crippen LogP contribution is 2.34. The smallest absolute Gasteiger partial charge is 0.344 e. The van der Waals surface area contributed by atoms with Crippen LogP contribution in [0.15, 0.2) is 41.3 Å². The molecule has 2 N–H and O–H groups in total. The van der Waals surface area contributed by atoms with Gasteiger partial charge < -0.3 is 24.5 Å². The van der Waals surface area contributed by atoms with E-state index < -0.39 is 24.0 Å². The van der Waals surface area contributed by atoms with Gasteiger partial charge in [-0.1, -0.05) is 19.9 Å². The molecule has 0 fully saturated rings. The third-order valence-electron chi connectivity index (χ3n) is 4.49. The maximum atomic E-state index is 12.4. The van der Waals surface area contributed by atoms with Gasteiger partial charge in [-0.05, 0) is 35.7 Å². The number of fused-ring (bicyclic) bond motifs is 1. The maximum absolute atomic E-state index is 12.4. The second-order valence-corrected chi connectivity index (χ2v) is 7.03. The highest BCUT2D eigenvalue weighted by atomic mass is 16.5. The minimum Gasteiger partial charge on any atom is -0.490 e. The van der Waals surface area contributed by atoms with Gasteiger partial charge in [-0.25, -0.2) is 4.79 Å². The molecule has 0 saturated carbocycles. The first kappa shape index (κ1) is 20.4. The number of hydrogen-bond acceptors (Lipinski definition) is 6. The van der Waals surface area contributed by atoms with Crippen molar-refractivity contribution < 1.29 is 23.8 Å². The lowest BCUT2D eigenvalue weighted by molar-refractivity contribution is -0.125. The number of amides is 1. The van der Waals surface area contributed by atoms with Crippen molar-refractivity contribution in [2.45, 2.75) is 26.3 Å². The number of pyridine rings is 1. The maximum Gasteiger partial charge on any atom is 0.344 e. The van der Waals surface area contributed by atoms with Crippen LogP contribution in [0, 0.1) is 5.92 Å². The molecule has 3 rings (SSSR count). The molecule has 154 valence electrons. The van der Waals surface area contributed by atoms with Gasteiger partial charge in [-0.2, -0.15) is 0 Å². The first-order valence-corrected chi connectivity index (χ1v) is 9.49. The van der Waals surface area contributed by atoms with Crippen LogP contribution in [0.4, 0.5) is 0 Å². The summed E-state index contributed by atoms with van der Waals surface area (Å²) in [6.45, 7) is 4.64. The van der Waals surface area contributed by atoms with Crippen LogP contribution in [0.25, 0.3) is 0 Å². The lowest BCUT2D eigenvalue weighted by Gasteiger charge is -2.23. The molecule has 0 spiro atoms. The van der Waals surface area contributed by atoms with Gasteiger partial charge in [0.25, 0.3) is 11.5 Å². The minimum atomic E-state index is -0.848. The van der Waals surface area contributed by atoms with E-state index in [0.29, 0.717) is 24.7 Å². The van der Waals surface area contributed by atoms with Crippen LogP contribution in [0.3, 0.4) is 0 Å². The number of aromatic nitrogens is 1. The predicted molar refractivity (Wildman–Crippen MR) is 105 cm³/mol. The quantitative estimate of drug-likeness (QED) is 0.720. The summed E-state index contributed by atoms with van der Waals surface area (Å²) in [5, 5.41) is 2.88. The molecule has 0 aliphatic carbocycles. The Balaban J connectivity index is 1.65. The first-order valence-electron chi connectivity index (χ1n) is 9.49. The van der Waals surface area contributed by atoms with Crippen molar-refractivity contribution >= 4 is 11.9 Å². The van der Waals surface area contributed by atoms with E-state index in [1.165, 1.54) is 18.3 Å². The fourth-order valence-electron chi connectivity index (χ4n) is 3.01. The average Bonchev–Trinajstić information content (AvgIpc) is 2.95. The van der Waals surface area contributed by atoms with Crippen LogP contribution < -0.4 is 20.3 Å². The zero-order chi connectivity index (χ0) is 20.8. The molecular formula is C21H24N2O6. The van der Waals surface area contributed by atoms with Crippen LogP contribution in [0.2, 0.25) is 0 Å². The van der Waals surface area contributed by atoms with Crippen LogP contribution in [-0.4, -0.2) is 36.7 Å². The Morgan fingerprint density at radius 3 is 2.66 bits per heavy atom. The molecule has 0 radical (unpaired) electrons. The Kier molecular flexibility index (Phi) is 6.54. The molecule has 0 saturated heterocycles. The second-order valence-electron chi connectivity index (χ2n) is 7.03. The van der Waals surface area contributed by atoms with Crippen molar-refractivity contribution in [3.8, 4) is 11.5 Å². The van der Waals surface area contributed by atoms with Crippen LogP contribution in [0.1, 0.15) is 42.2 Å². The normalized spacial score (nSPS) is 14.0. The van der Waals surface area contributed by atoms with E-state index in [1.807, 2.05) is 32.0 Å². The fourth-order valence-corrected chi connectivity index (χ4v) is 3.01. The van der Waals surface area contributed by atoms with Crippen molar-refractivity contribution in [1.29, 1.82) is 0 Å². The Hall–Kier alpha value is -3.29. The third kappa shape index (κ3) is 5.16. The van der Waals surface area contributed by atoms with Gasteiger partial charge in [0.15, 0.2) is 18.1 Å². The molecule has 1 amide bonds. The third-order valence-corrected chi connectivity index (χ3v) is 4.49. The number of esters is 1. The zero-order valence-electron chi connectivity index (χ0n) is 16.4. The number of hydrogen-bond donors (Lipinski definition) is 2. The number of carbonyl (C=O) groups is 2. The standard InChI is InChI=1S/C21H24N2O6/c1-13(2)19(14-6-7-16-17(11-14)28-10-4-9-27-16)23-18(24)12-29-21(26)15-5-3-8-22-20(15)25/h3,5-8,11,13,19H,4,9-10,12H2,1-2H3,(H,22,25)(H,23,24)/t19-/m0/s1. The minimum absolute atomic E-state index is 0.0800. The van der Waals surface area contributed by atoms with Crippen molar-refractivity contribution in [3.63, 3.8) is 0 Å². The molecule has 1 atom stereocenters. The van der Waals surface area contributed by atoms with Crippen molar-refractivity contribution in [3.05, 3.63) is 58.0 Å². The Labute approximate surface area is 168 Å². The van der Waals surface area contributed by atoms with E-state index in [4.69, 9.17) is 14.2 Å². The number of aromatic amines is 1. The summed E-state index contributed by atoms with van der Waals surface area (Å²) in [4.78, 5) is 38.4. The molecule has 8 heteroatoms. The molecule has 1 aliphatic rings. The molecule has 2 heterocycles. The molecular weight excluding hydrogens is 376 g/mol. The molecule has 1 aromatic heterocycles. The summed E-state index contributed by atoms with van der Waals surface area (Å²) in [6, 6.07) is 8.12. The van der Waals surface area contributed by atoms with Crippen LogP contribution >= 0.6 is 0 Å². The Morgan fingerprint density at radius 2 is 1.93 bits per heavy atom. The van der Waals surface area contributed by atoms with Gasteiger partial charge in [0.2, 0.25) is 0 Å². The number of H-pyrrole nitrogens is 1. The first-order chi connectivity index (χ1) is 14.0. The number of carbonyl (C=O) groups excluding carboxylic acids is 2. The molecule has 29 heavy (non-hydrogen) atoms. The summed E-state index contributed by atoms with van der Waals surface area (Å²) in [6.07, 6.45) is 2.22. The summed E-state index contributed by atoms with van der Waals surface area (Å²) in [5.74, 6) is 0.100. The van der Waals surface area contributed by atoms with Gasteiger partial charge >= 0.3 is 5.97 Å². The topological polar surface area (TPSA) is 107 Å². The van der Waals surface area contributed by atoms with Gasteiger partial charge in [-0.3, -0.25) is 9.59 Å². The van der Waals surface area contributed by atoms with E-state index in [-0.39, 0.29) is 17.5 Å². The highest BCUT2D eigenvalue weighted by Gasteiger charge is 2.22. The highest BCUT2D eigenvalue weighted by molar-refractivity contribution is 5.90. The molecule has 0 bridgehead atoms. The number of benzene rings is 1. The predicted octanol–water partition coefficient (Wildman–Crippen LogP) is 2.21. The van der Waals surface area contributed by atoms with Gasteiger partial charge in [0.05, 0.1) is 19.3 Å². The molecule has 0 unspecified atom stereocenters. The largest absolute Gasteiger partial charge is 0.490 e. The molecule has 2 aromatic rings. The van der Waals surface area contributed by atoms with Crippen molar-refractivity contribution in [2.75, 3.05) is 19.8 Å². The number of nitrogens with one attached hydrogen (secondary N) is 2. The zero-order valence-corrected chi connectivity index (χ0v) is 16.4. The van der Waals surface area contributed by atoms with E-state index in [9.17, 15) is 14.4 Å². The van der Waals surface area contributed by atoms with Gasteiger partial charge in [-0.15, -0.1) is 0 Å². The lowest BCUT2D eigenvalue weighted by atomic mass is 9.95. The van der Waals surface area contributed by atoms with E-state index in [1.54, 1.807) is 0 Å². The average molecular weight is 400 g/mol. The molecule has 1 aromatic carbocycles. The number of rotatable bonds is 6. The summed E-state index contributed by atoms with van der Waals surface area (Å²) in [5.41, 5.74) is 0.150. The number of ether oxygens (including phenoxy) is 3. The van der Waals surface area contributed by atoms with E-state index in [2.05, 4.69) is 10.3 Å². The summed E-state index contributed by atoms with van der Waals surface area (Å²) >= 11 is 0. The Morgan fingerprint density at radius 1 is 1.17 bits per heavy atom. The summed E-state index contributed by atoms with van der Waals surface area (Å²) in [7, 11) is 0.